The van der Waals surface area contributed by atoms with Gasteiger partial charge in [0, 0.05) is 11.4 Å². The van der Waals surface area contributed by atoms with E-state index in [2.05, 4.69) is 20.4 Å². The molecule has 0 fully saturated rings. The predicted octanol–water partition coefficient (Wildman–Crippen LogP) is 2.00. The number of nitrogens with zero attached hydrogens (tertiary/aromatic N) is 4. The standard InChI is InChI=1S/C18H19N5O3/c1-10-6-4-5-7-13(10)14(9-15(24)25)20-17(26)16-21-18-19-11(2)8-12(3)23(18)22-16/h4-8,14H,9H2,1-3H3,(H,20,26)(H,24,25). The lowest BCUT2D eigenvalue weighted by atomic mass is 9.99. The van der Waals surface area contributed by atoms with Crippen molar-refractivity contribution in [3.63, 3.8) is 0 Å². The summed E-state index contributed by atoms with van der Waals surface area (Å²) in [4.78, 5) is 32.3. The molecular formula is C18H19N5O3. The van der Waals surface area contributed by atoms with Crippen LogP contribution in [-0.2, 0) is 4.79 Å². The predicted molar refractivity (Wildman–Crippen MR) is 93.9 cm³/mol. The molecule has 0 bridgehead atoms. The number of aryl methyl sites for hydroxylation is 3. The van der Waals surface area contributed by atoms with E-state index in [-0.39, 0.29) is 12.2 Å². The number of aliphatic carboxylic acids is 1. The Morgan fingerprint density at radius 3 is 2.62 bits per heavy atom. The van der Waals surface area contributed by atoms with Crippen molar-refractivity contribution in [3.05, 3.63) is 58.7 Å². The van der Waals surface area contributed by atoms with Crippen molar-refractivity contribution in [3.8, 4) is 0 Å². The number of nitrogens with one attached hydrogen (secondary N) is 1. The molecule has 8 nitrogen and oxygen atoms in total. The molecule has 0 aliphatic rings. The number of carbonyl (C=O) groups excluding carboxylic acids is 1. The Balaban J connectivity index is 1.92. The number of benzene rings is 1. The summed E-state index contributed by atoms with van der Waals surface area (Å²) in [6, 6.07) is 8.50. The zero-order chi connectivity index (χ0) is 18.8. The number of hydrogen-bond donors (Lipinski definition) is 2. The molecule has 0 saturated heterocycles. The molecule has 134 valence electrons. The van der Waals surface area contributed by atoms with Gasteiger partial charge in [-0.25, -0.2) is 9.50 Å². The first-order chi connectivity index (χ1) is 12.3. The number of rotatable bonds is 5. The number of carboxylic acid groups (broad SMARTS) is 1. The summed E-state index contributed by atoms with van der Waals surface area (Å²) >= 11 is 0. The normalized spacial score (nSPS) is 12.1. The Hall–Kier alpha value is -3.29. The van der Waals surface area contributed by atoms with Gasteiger partial charge in [0.15, 0.2) is 0 Å². The largest absolute Gasteiger partial charge is 0.481 e. The van der Waals surface area contributed by atoms with E-state index in [0.717, 1.165) is 22.5 Å². The highest BCUT2D eigenvalue weighted by Crippen LogP contribution is 2.21. The minimum atomic E-state index is -1.00. The van der Waals surface area contributed by atoms with Crippen LogP contribution in [0.1, 0.15) is 45.6 Å². The van der Waals surface area contributed by atoms with Crippen LogP contribution in [0.2, 0.25) is 0 Å². The highest BCUT2D eigenvalue weighted by molar-refractivity contribution is 5.91. The van der Waals surface area contributed by atoms with Crippen molar-refractivity contribution < 1.29 is 14.7 Å². The minimum absolute atomic E-state index is 0.0461. The second kappa shape index (κ2) is 6.91. The van der Waals surface area contributed by atoms with E-state index in [1.807, 2.05) is 45.0 Å². The molecule has 2 heterocycles. The van der Waals surface area contributed by atoms with Gasteiger partial charge in [-0.05, 0) is 38.0 Å². The molecule has 1 unspecified atom stereocenters. The first-order valence-corrected chi connectivity index (χ1v) is 8.14. The van der Waals surface area contributed by atoms with Crippen molar-refractivity contribution >= 4 is 17.7 Å². The molecule has 2 N–H and O–H groups in total. The number of hydrogen-bond acceptors (Lipinski definition) is 5. The van der Waals surface area contributed by atoms with E-state index >= 15 is 0 Å². The molecule has 1 amide bonds. The van der Waals surface area contributed by atoms with Crippen LogP contribution in [-0.4, -0.2) is 36.6 Å². The smallest absolute Gasteiger partial charge is 0.305 e. The van der Waals surface area contributed by atoms with Gasteiger partial charge in [0.1, 0.15) is 0 Å². The molecule has 1 aromatic carbocycles. The van der Waals surface area contributed by atoms with Gasteiger partial charge in [-0.2, -0.15) is 4.98 Å². The lowest BCUT2D eigenvalue weighted by Crippen LogP contribution is -2.31. The quantitative estimate of drug-likeness (QED) is 0.726. The Labute approximate surface area is 149 Å². The third kappa shape index (κ3) is 3.53. The Kier molecular flexibility index (Phi) is 4.66. The molecule has 0 spiro atoms. The van der Waals surface area contributed by atoms with E-state index < -0.39 is 17.9 Å². The first kappa shape index (κ1) is 17.5. The molecule has 0 aliphatic heterocycles. The summed E-state index contributed by atoms with van der Waals surface area (Å²) in [5.41, 5.74) is 3.23. The van der Waals surface area contributed by atoms with Gasteiger partial charge in [-0.15, -0.1) is 5.10 Å². The van der Waals surface area contributed by atoms with Crippen molar-refractivity contribution in [2.24, 2.45) is 0 Å². The maximum Gasteiger partial charge on any atom is 0.305 e. The summed E-state index contributed by atoms with van der Waals surface area (Å²) in [6.45, 7) is 5.55. The molecule has 0 radical (unpaired) electrons. The third-order valence-corrected chi connectivity index (χ3v) is 4.07. The van der Waals surface area contributed by atoms with Crippen LogP contribution < -0.4 is 5.32 Å². The van der Waals surface area contributed by atoms with Crippen molar-refractivity contribution in [2.45, 2.75) is 33.2 Å². The van der Waals surface area contributed by atoms with Crippen LogP contribution in [0.3, 0.4) is 0 Å². The van der Waals surface area contributed by atoms with E-state index in [1.54, 1.807) is 6.07 Å². The molecule has 26 heavy (non-hydrogen) atoms. The Morgan fingerprint density at radius 2 is 1.92 bits per heavy atom. The van der Waals surface area contributed by atoms with Crippen LogP contribution in [0.15, 0.2) is 30.3 Å². The monoisotopic (exact) mass is 353 g/mol. The summed E-state index contributed by atoms with van der Waals surface area (Å²) < 4.78 is 1.49. The molecule has 0 saturated carbocycles. The molecule has 3 rings (SSSR count). The summed E-state index contributed by atoms with van der Waals surface area (Å²) in [6.07, 6.45) is -0.236. The second-order valence-electron chi connectivity index (χ2n) is 6.17. The molecule has 2 aromatic heterocycles. The maximum absolute atomic E-state index is 12.6. The fourth-order valence-electron chi connectivity index (χ4n) is 2.88. The van der Waals surface area contributed by atoms with E-state index in [0.29, 0.717) is 5.78 Å². The SMILES string of the molecule is Cc1cc(C)n2nc(C(=O)NC(CC(=O)O)c3ccccc3C)nc2n1. The van der Waals surface area contributed by atoms with Crippen LogP contribution in [0.25, 0.3) is 5.78 Å². The van der Waals surface area contributed by atoms with Gasteiger partial charge in [0.25, 0.3) is 11.7 Å². The number of carbonyl (C=O) groups is 2. The third-order valence-electron chi connectivity index (χ3n) is 4.07. The number of carboxylic acids is 1. The second-order valence-corrected chi connectivity index (χ2v) is 6.17. The molecule has 0 aliphatic carbocycles. The Bertz CT molecular complexity index is 996. The molecule has 8 heteroatoms. The van der Waals surface area contributed by atoms with Crippen molar-refractivity contribution in [2.75, 3.05) is 0 Å². The van der Waals surface area contributed by atoms with Crippen LogP contribution in [0, 0.1) is 20.8 Å². The minimum Gasteiger partial charge on any atom is -0.481 e. The zero-order valence-electron chi connectivity index (χ0n) is 14.7. The summed E-state index contributed by atoms with van der Waals surface area (Å²) in [7, 11) is 0. The molecule has 1 atom stereocenters. The number of amides is 1. The summed E-state index contributed by atoms with van der Waals surface area (Å²) in [5.74, 6) is -1.26. The van der Waals surface area contributed by atoms with Crippen LogP contribution >= 0.6 is 0 Å². The van der Waals surface area contributed by atoms with Crippen molar-refractivity contribution in [1.29, 1.82) is 0 Å². The first-order valence-electron chi connectivity index (χ1n) is 8.14. The lowest BCUT2D eigenvalue weighted by Gasteiger charge is -2.18. The molecule has 3 aromatic rings. The average Bonchev–Trinajstić information content (AvgIpc) is 2.98. The average molecular weight is 353 g/mol. The van der Waals surface area contributed by atoms with Gasteiger partial charge < -0.3 is 10.4 Å². The van der Waals surface area contributed by atoms with E-state index in [4.69, 9.17) is 0 Å². The van der Waals surface area contributed by atoms with Gasteiger partial charge >= 0.3 is 5.97 Å². The summed E-state index contributed by atoms with van der Waals surface area (Å²) in [5, 5.41) is 16.1. The van der Waals surface area contributed by atoms with Crippen LogP contribution in [0.4, 0.5) is 0 Å². The topological polar surface area (TPSA) is 109 Å². The van der Waals surface area contributed by atoms with E-state index in [1.165, 1.54) is 4.52 Å². The highest BCUT2D eigenvalue weighted by Gasteiger charge is 2.23. The zero-order valence-corrected chi connectivity index (χ0v) is 14.7. The Morgan fingerprint density at radius 1 is 1.19 bits per heavy atom. The number of aromatic nitrogens is 4. The van der Waals surface area contributed by atoms with Crippen LogP contribution in [0.5, 0.6) is 0 Å². The number of fused-ring (bicyclic) bond motifs is 1. The maximum atomic E-state index is 12.6. The van der Waals surface area contributed by atoms with Crippen molar-refractivity contribution in [1.82, 2.24) is 24.9 Å². The molecular weight excluding hydrogens is 334 g/mol. The fourth-order valence-corrected chi connectivity index (χ4v) is 2.88. The van der Waals surface area contributed by atoms with Gasteiger partial charge in [-0.1, -0.05) is 24.3 Å². The highest BCUT2D eigenvalue weighted by atomic mass is 16.4. The fraction of sp³-hybridized carbons (Fsp3) is 0.278. The lowest BCUT2D eigenvalue weighted by molar-refractivity contribution is -0.137. The van der Waals surface area contributed by atoms with Gasteiger partial charge in [0.2, 0.25) is 5.82 Å². The van der Waals surface area contributed by atoms with E-state index in [9.17, 15) is 14.7 Å². The van der Waals surface area contributed by atoms with Gasteiger partial charge in [-0.3, -0.25) is 9.59 Å². The van der Waals surface area contributed by atoms with Gasteiger partial charge in [0.05, 0.1) is 12.5 Å².